The summed E-state index contributed by atoms with van der Waals surface area (Å²) in [5.74, 6) is 0.234. The lowest BCUT2D eigenvalue weighted by Crippen LogP contribution is -2.53. The molecule has 37 heavy (non-hydrogen) atoms. The SMILES string of the molecule is Cc1cc(OCC(=O)N(Cc2ccccc2)C(Cc2ccccc2)C(=O)NC2CCCC2)cc(C)c1Cl. The van der Waals surface area contributed by atoms with E-state index < -0.39 is 6.04 Å². The van der Waals surface area contributed by atoms with E-state index in [-0.39, 0.29) is 24.5 Å². The van der Waals surface area contributed by atoms with E-state index in [9.17, 15) is 9.59 Å². The Morgan fingerprint density at radius 2 is 1.51 bits per heavy atom. The number of halogens is 1. The first-order valence-electron chi connectivity index (χ1n) is 13.0. The minimum absolute atomic E-state index is 0.113. The molecule has 0 aliphatic heterocycles. The van der Waals surface area contributed by atoms with Crippen molar-refractivity contribution in [2.45, 2.75) is 64.6 Å². The molecule has 3 aromatic carbocycles. The predicted molar refractivity (Wildman–Crippen MR) is 148 cm³/mol. The number of carbonyl (C=O) groups excluding carboxylic acids is 2. The van der Waals surface area contributed by atoms with Crippen molar-refractivity contribution >= 4 is 23.4 Å². The molecule has 1 aliphatic carbocycles. The quantitative estimate of drug-likeness (QED) is 0.356. The van der Waals surface area contributed by atoms with Gasteiger partial charge in [0.15, 0.2) is 6.61 Å². The molecule has 5 nitrogen and oxygen atoms in total. The Kier molecular flexibility index (Phi) is 9.24. The van der Waals surface area contributed by atoms with E-state index >= 15 is 0 Å². The zero-order valence-electron chi connectivity index (χ0n) is 21.6. The van der Waals surface area contributed by atoms with Gasteiger partial charge in [0.2, 0.25) is 5.91 Å². The van der Waals surface area contributed by atoms with Crippen LogP contribution in [0, 0.1) is 13.8 Å². The topological polar surface area (TPSA) is 58.6 Å². The van der Waals surface area contributed by atoms with E-state index in [0.29, 0.717) is 23.7 Å². The molecule has 0 aromatic heterocycles. The van der Waals surface area contributed by atoms with Crippen LogP contribution in [0.4, 0.5) is 0 Å². The van der Waals surface area contributed by atoms with Crippen LogP contribution in [0.1, 0.15) is 47.9 Å². The van der Waals surface area contributed by atoms with Crippen LogP contribution in [0.3, 0.4) is 0 Å². The number of hydrogen-bond acceptors (Lipinski definition) is 3. The van der Waals surface area contributed by atoms with E-state index in [4.69, 9.17) is 16.3 Å². The zero-order valence-corrected chi connectivity index (χ0v) is 22.3. The molecule has 0 radical (unpaired) electrons. The second-order valence-corrected chi connectivity index (χ2v) is 10.2. The maximum Gasteiger partial charge on any atom is 0.261 e. The van der Waals surface area contributed by atoms with Gasteiger partial charge in [-0.2, -0.15) is 0 Å². The summed E-state index contributed by atoms with van der Waals surface area (Å²) in [5.41, 5.74) is 3.75. The van der Waals surface area contributed by atoms with Crippen molar-refractivity contribution in [3.05, 3.63) is 100 Å². The first kappa shape index (κ1) is 26.7. The number of rotatable bonds is 10. The van der Waals surface area contributed by atoms with Gasteiger partial charge in [-0.05, 0) is 61.1 Å². The van der Waals surface area contributed by atoms with Crippen LogP contribution in [0.25, 0.3) is 0 Å². The van der Waals surface area contributed by atoms with E-state index in [2.05, 4.69) is 5.32 Å². The van der Waals surface area contributed by atoms with Crippen molar-refractivity contribution in [1.82, 2.24) is 10.2 Å². The van der Waals surface area contributed by atoms with Crippen molar-refractivity contribution in [2.75, 3.05) is 6.61 Å². The molecular formula is C31H35ClN2O3. The molecule has 2 amide bonds. The minimum Gasteiger partial charge on any atom is -0.484 e. The Morgan fingerprint density at radius 1 is 0.946 bits per heavy atom. The highest BCUT2D eigenvalue weighted by Crippen LogP contribution is 2.26. The smallest absolute Gasteiger partial charge is 0.261 e. The summed E-state index contributed by atoms with van der Waals surface area (Å²) in [6, 6.07) is 22.8. The van der Waals surface area contributed by atoms with Gasteiger partial charge in [0, 0.05) is 24.0 Å². The van der Waals surface area contributed by atoms with Gasteiger partial charge in [-0.1, -0.05) is 85.1 Å². The molecular weight excluding hydrogens is 484 g/mol. The van der Waals surface area contributed by atoms with E-state index in [1.807, 2.05) is 86.6 Å². The average Bonchev–Trinajstić information content (AvgIpc) is 3.42. The molecule has 0 saturated heterocycles. The van der Waals surface area contributed by atoms with E-state index in [0.717, 1.165) is 47.9 Å². The highest BCUT2D eigenvalue weighted by atomic mass is 35.5. The number of benzene rings is 3. The fraction of sp³-hybridized carbons (Fsp3) is 0.355. The van der Waals surface area contributed by atoms with Crippen LogP contribution in [-0.4, -0.2) is 35.4 Å². The molecule has 1 unspecified atom stereocenters. The fourth-order valence-corrected chi connectivity index (χ4v) is 5.03. The van der Waals surface area contributed by atoms with Gasteiger partial charge in [-0.15, -0.1) is 0 Å². The number of nitrogens with zero attached hydrogens (tertiary/aromatic N) is 1. The summed E-state index contributed by atoms with van der Waals surface area (Å²) < 4.78 is 5.94. The molecule has 1 atom stereocenters. The predicted octanol–water partition coefficient (Wildman–Crippen LogP) is 6.03. The number of ether oxygens (including phenoxy) is 1. The lowest BCUT2D eigenvalue weighted by atomic mass is 10.0. The van der Waals surface area contributed by atoms with E-state index in [1.54, 1.807) is 4.90 Å². The van der Waals surface area contributed by atoms with Crippen molar-refractivity contribution in [1.29, 1.82) is 0 Å². The van der Waals surface area contributed by atoms with Gasteiger partial charge in [0.05, 0.1) is 0 Å². The molecule has 1 N–H and O–H groups in total. The van der Waals surface area contributed by atoms with Crippen molar-refractivity contribution < 1.29 is 14.3 Å². The third-order valence-corrected chi connectivity index (χ3v) is 7.54. The zero-order chi connectivity index (χ0) is 26.2. The maximum absolute atomic E-state index is 13.7. The lowest BCUT2D eigenvalue weighted by Gasteiger charge is -2.32. The molecule has 0 spiro atoms. The molecule has 3 aromatic rings. The number of carbonyl (C=O) groups is 2. The molecule has 4 rings (SSSR count). The highest BCUT2D eigenvalue weighted by Gasteiger charge is 2.32. The summed E-state index contributed by atoms with van der Waals surface area (Å²) in [6.45, 7) is 3.97. The van der Waals surface area contributed by atoms with Crippen molar-refractivity contribution in [2.24, 2.45) is 0 Å². The van der Waals surface area contributed by atoms with Gasteiger partial charge in [-0.3, -0.25) is 9.59 Å². The molecule has 194 valence electrons. The Balaban J connectivity index is 1.60. The first-order valence-corrected chi connectivity index (χ1v) is 13.4. The van der Waals surface area contributed by atoms with Crippen LogP contribution in [0.2, 0.25) is 5.02 Å². The Bertz CT molecular complexity index is 1170. The second-order valence-electron chi connectivity index (χ2n) is 9.86. The van der Waals surface area contributed by atoms with Crippen LogP contribution in [-0.2, 0) is 22.6 Å². The number of hydrogen-bond donors (Lipinski definition) is 1. The number of amides is 2. The summed E-state index contributed by atoms with van der Waals surface area (Å²) in [7, 11) is 0. The van der Waals surface area contributed by atoms with Crippen LogP contribution < -0.4 is 10.1 Å². The molecule has 1 saturated carbocycles. The maximum atomic E-state index is 13.7. The largest absolute Gasteiger partial charge is 0.484 e. The Labute approximate surface area is 224 Å². The van der Waals surface area contributed by atoms with E-state index in [1.165, 1.54) is 0 Å². The number of aryl methyl sites for hydroxylation is 2. The third kappa shape index (κ3) is 7.36. The summed E-state index contributed by atoms with van der Waals surface area (Å²) in [5, 5.41) is 3.92. The van der Waals surface area contributed by atoms with Gasteiger partial charge in [-0.25, -0.2) is 0 Å². The standard InChI is InChI=1S/C31H35ClN2O3/c1-22-17-27(18-23(2)30(22)32)37-21-29(35)34(20-25-13-7-4-8-14-25)28(19-24-11-5-3-6-12-24)31(36)33-26-15-9-10-16-26/h3-8,11-14,17-18,26,28H,9-10,15-16,19-21H2,1-2H3,(H,33,36). The highest BCUT2D eigenvalue weighted by molar-refractivity contribution is 6.32. The molecule has 0 heterocycles. The second kappa shape index (κ2) is 12.8. The van der Waals surface area contributed by atoms with Crippen LogP contribution in [0.15, 0.2) is 72.8 Å². The summed E-state index contributed by atoms with van der Waals surface area (Å²) in [4.78, 5) is 29.1. The monoisotopic (exact) mass is 518 g/mol. The van der Waals surface area contributed by atoms with Gasteiger partial charge >= 0.3 is 0 Å². The molecule has 1 aliphatic rings. The molecule has 0 bridgehead atoms. The van der Waals surface area contributed by atoms with Crippen molar-refractivity contribution in [3.63, 3.8) is 0 Å². The third-order valence-electron chi connectivity index (χ3n) is 6.94. The minimum atomic E-state index is -0.659. The molecule has 1 fully saturated rings. The van der Waals surface area contributed by atoms with Gasteiger partial charge in [0.1, 0.15) is 11.8 Å². The number of nitrogens with one attached hydrogen (secondary N) is 1. The fourth-order valence-electron chi connectivity index (χ4n) is 4.92. The van der Waals surface area contributed by atoms with Crippen molar-refractivity contribution in [3.8, 4) is 5.75 Å². The molecule has 6 heteroatoms. The average molecular weight is 519 g/mol. The Morgan fingerprint density at radius 3 is 2.11 bits per heavy atom. The lowest BCUT2D eigenvalue weighted by molar-refractivity contribution is -0.143. The summed E-state index contributed by atoms with van der Waals surface area (Å²) >= 11 is 6.30. The summed E-state index contributed by atoms with van der Waals surface area (Å²) in [6.07, 6.45) is 4.63. The normalized spacial score (nSPS) is 14.2. The van der Waals surface area contributed by atoms with Crippen LogP contribution in [0.5, 0.6) is 5.75 Å². The van der Waals surface area contributed by atoms with Crippen LogP contribution >= 0.6 is 11.6 Å². The van der Waals surface area contributed by atoms with Gasteiger partial charge in [0.25, 0.3) is 5.91 Å². The first-order chi connectivity index (χ1) is 17.9. The Hall–Kier alpha value is -3.31. The van der Waals surface area contributed by atoms with Gasteiger partial charge < -0.3 is 15.0 Å².